The fraction of sp³-hybridized carbons (Fsp3) is 0.312. The molecule has 0 radical (unpaired) electrons. The lowest BCUT2D eigenvalue weighted by atomic mass is 10.3. The number of aromatic nitrogens is 2. The largest absolute Gasteiger partial charge is 0.369 e. The van der Waals surface area contributed by atoms with E-state index in [1.54, 1.807) is 18.1 Å². The summed E-state index contributed by atoms with van der Waals surface area (Å²) in [5.41, 5.74) is 1.16. The molecule has 0 atom stereocenters. The van der Waals surface area contributed by atoms with Crippen LogP contribution in [0.3, 0.4) is 0 Å². The molecule has 1 N–H and O–H groups in total. The van der Waals surface area contributed by atoms with Crippen molar-refractivity contribution in [1.29, 1.82) is 0 Å². The van der Waals surface area contributed by atoms with E-state index >= 15 is 0 Å². The second-order valence-corrected chi connectivity index (χ2v) is 4.77. The van der Waals surface area contributed by atoms with Gasteiger partial charge < -0.3 is 10.2 Å². The first-order valence-corrected chi connectivity index (χ1v) is 7.11. The van der Waals surface area contributed by atoms with Gasteiger partial charge in [0.25, 0.3) is 5.91 Å². The average Bonchev–Trinajstić information content (AvgIpc) is 2.55. The van der Waals surface area contributed by atoms with Gasteiger partial charge in [-0.25, -0.2) is 9.97 Å². The molecule has 0 saturated heterocycles. The van der Waals surface area contributed by atoms with Gasteiger partial charge in [-0.2, -0.15) is 0 Å². The summed E-state index contributed by atoms with van der Waals surface area (Å²) in [6, 6.07) is 9.47. The van der Waals surface area contributed by atoms with Crippen LogP contribution in [0.1, 0.15) is 30.3 Å². The zero-order valence-electron chi connectivity index (χ0n) is 12.4. The van der Waals surface area contributed by atoms with Crippen LogP contribution >= 0.6 is 0 Å². The van der Waals surface area contributed by atoms with E-state index in [0.29, 0.717) is 11.5 Å². The summed E-state index contributed by atoms with van der Waals surface area (Å²) in [5.74, 6) is 0.524. The summed E-state index contributed by atoms with van der Waals surface area (Å²) in [5, 5.41) is 3.17. The molecule has 5 heteroatoms. The minimum Gasteiger partial charge on any atom is -0.369 e. The second-order valence-electron chi connectivity index (χ2n) is 4.77. The summed E-state index contributed by atoms with van der Waals surface area (Å²) < 4.78 is 0. The van der Waals surface area contributed by atoms with Crippen LogP contribution in [0.15, 0.2) is 42.7 Å². The van der Waals surface area contributed by atoms with E-state index in [2.05, 4.69) is 22.2 Å². The zero-order valence-corrected chi connectivity index (χ0v) is 12.4. The minimum absolute atomic E-state index is 0.172. The van der Waals surface area contributed by atoms with E-state index in [4.69, 9.17) is 0 Å². The number of para-hydroxylation sites is 1. The standard InChI is InChI=1S/C16H20N4O/c1-3-4-10-17-15-12-18-14(11-19-15)16(21)20(2)13-8-6-5-7-9-13/h5-9,11-12H,3-4,10H2,1-2H3,(H,17,19). The third-order valence-electron chi connectivity index (χ3n) is 3.16. The van der Waals surface area contributed by atoms with E-state index in [9.17, 15) is 4.79 Å². The lowest BCUT2D eigenvalue weighted by molar-refractivity contribution is 0.0988. The molecule has 110 valence electrons. The first kappa shape index (κ1) is 15.0. The maximum absolute atomic E-state index is 12.3. The van der Waals surface area contributed by atoms with Crippen molar-refractivity contribution in [3.05, 3.63) is 48.4 Å². The highest BCUT2D eigenvalue weighted by molar-refractivity contribution is 6.04. The summed E-state index contributed by atoms with van der Waals surface area (Å²) in [6.45, 7) is 3.00. The van der Waals surface area contributed by atoms with Gasteiger partial charge in [-0.05, 0) is 18.6 Å². The molecule has 1 aromatic carbocycles. The molecule has 1 amide bonds. The van der Waals surface area contributed by atoms with E-state index < -0.39 is 0 Å². The normalized spacial score (nSPS) is 10.2. The summed E-state index contributed by atoms with van der Waals surface area (Å²) >= 11 is 0. The number of nitrogens with zero attached hydrogens (tertiary/aromatic N) is 3. The van der Waals surface area contributed by atoms with Crippen LogP contribution in [0.4, 0.5) is 11.5 Å². The Labute approximate surface area is 125 Å². The van der Waals surface area contributed by atoms with E-state index in [0.717, 1.165) is 25.1 Å². The number of benzene rings is 1. The highest BCUT2D eigenvalue weighted by Crippen LogP contribution is 2.14. The molecule has 21 heavy (non-hydrogen) atoms. The molecular formula is C16H20N4O. The van der Waals surface area contributed by atoms with Crippen molar-refractivity contribution >= 4 is 17.4 Å². The van der Waals surface area contributed by atoms with Crippen molar-refractivity contribution in [1.82, 2.24) is 9.97 Å². The average molecular weight is 284 g/mol. The third-order valence-corrected chi connectivity index (χ3v) is 3.16. The second kappa shape index (κ2) is 7.38. The molecule has 1 aromatic heterocycles. The Morgan fingerprint density at radius 3 is 2.57 bits per heavy atom. The van der Waals surface area contributed by atoms with Crippen molar-refractivity contribution in [2.75, 3.05) is 23.8 Å². The minimum atomic E-state index is -0.172. The number of hydrogen-bond acceptors (Lipinski definition) is 4. The van der Waals surface area contributed by atoms with Crippen LogP contribution in [0.2, 0.25) is 0 Å². The maximum atomic E-state index is 12.3. The first-order chi connectivity index (χ1) is 10.2. The molecule has 0 aliphatic heterocycles. The number of anilines is 2. The van der Waals surface area contributed by atoms with Gasteiger partial charge in [-0.15, -0.1) is 0 Å². The van der Waals surface area contributed by atoms with Crippen LogP contribution in [0.5, 0.6) is 0 Å². The van der Waals surface area contributed by atoms with Gasteiger partial charge >= 0.3 is 0 Å². The van der Waals surface area contributed by atoms with Crippen molar-refractivity contribution in [2.45, 2.75) is 19.8 Å². The molecule has 0 aliphatic rings. The smallest absolute Gasteiger partial charge is 0.278 e. The Hall–Kier alpha value is -2.43. The highest BCUT2D eigenvalue weighted by atomic mass is 16.2. The summed E-state index contributed by atoms with van der Waals surface area (Å²) in [4.78, 5) is 22.3. The van der Waals surface area contributed by atoms with Gasteiger partial charge in [0.2, 0.25) is 0 Å². The van der Waals surface area contributed by atoms with E-state index in [1.165, 1.54) is 6.20 Å². The lowest BCUT2D eigenvalue weighted by Crippen LogP contribution is -2.27. The molecule has 0 aliphatic carbocycles. The van der Waals surface area contributed by atoms with Crippen LogP contribution in [-0.4, -0.2) is 29.5 Å². The van der Waals surface area contributed by atoms with E-state index in [1.807, 2.05) is 30.3 Å². The Kier molecular flexibility index (Phi) is 5.26. The molecule has 1 heterocycles. The molecule has 5 nitrogen and oxygen atoms in total. The van der Waals surface area contributed by atoms with Gasteiger partial charge in [-0.1, -0.05) is 31.5 Å². The van der Waals surface area contributed by atoms with Crippen LogP contribution < -0.4 is 10.2 Å². The van der Waals surface area contributed by atoms with Gasteiger partial charge in [0.05, 0.1) is 12.4 Å². The molecule has 0 fully saturated rings. The number of hydrogen-bond donors (Lipinski definition) is 1. The van der Waals surface area contributed by atoms with Gasteiger partial charge in [0, 0.05) is 19.3 Å². The zero-order chi connectivity index (χ0) is 15.1. The van der Waals surface area contributed by atoms with Gasteiger partial charge in [0.15, 0.2) is 0 Å². The lowest BCUT2D eigenvalue weighted by Gasteiger charge is -2.16. The Morgan fingerprint density at radius 1 is 1.19 bits per heavy atom. The SMILES string of the molecule is CCCCNc1cnc(C(=O)N(C)c2ccccc2)cn1. The van der Waals surface area contributed by atoms with Crippen LogP contribution in [0.25, 0.3) is 0 Å². The number of unbranched alkanes of at least 4 members (excludes halogenated alkanes) is 1. The molecule has 0 bridgehead atoms. The molecule has 0 unspecified atom stereocenters. The molecule has 2 rings (SSSR count). The van der Waals surface area contributed by atoms with Crippen molar-refractivity contribution in [3.63, 3.8) is 0 Å². The molecule has 0 saturated carbocycles. The predicted molar refractivity (Wildman–Crippen MR) is 84.6 cm³/mol. The quantitative estimate of drug-likeness (QED) is 0.829. The Balaban J connectivity index is 2.03. The van der Waals surface area contributed by atoms with Crippen molar-refractivity contribution in [2.24, 2.45) is 0 Å². The third kappa shape index (κ3) is 4.02. The highest BCUT2D eigenvalue weighted by Gasteiger charge is 2.14. The van der Waals surface area contributed by atoms with Gasteiger partial charge in [-0.3, -0.25) is 4.79 Å². The molecule has 0 spiro atoms. The number of nitrogens with one attached hydrogen (secondary N) is 1. The van der Waals surface area contributed by atoms with Crippen LogP contribution in [0, 0.1) is 0 Å². The number of rotatable bonds is 6. The van der Waals surface area contributed by atoms with E-state index in [-0.39, 0.29) is 5.91 Å². The maximum Gasteiger partial charge on any atom is 0.278 e. The van der Waals surface area contributed by atoms with Gasteiger partial charge in [0.1, 0.15) is 11.5 Å². The fourth-order valence-corrected chi connectivity index (χ4v) is 1.86. The number of carbonyl (C=O) groups excluding carboxylic acids is 1. The van der Waals surface area contributed by atoms with Crippen molar-refractivity contribution < 1.29 is 4.79 Å². The molecule has 2 aromatic rings. The fourth-order valence-electron chi connectivity index (χ4n) is 1.86. The van der Waals surface area contributed by atoms with Crippen LogP contribution in [-0.2, 0) is 0 Å². The monoisotopic (exact) mass is 284 g/mol. The first-order valence-electron chi connectivity index (χ1n) is 7.11. The van der Waals surface area contributed by atoms with Crippen molar-refractivity contribution in [3.8, 4) is 0 Å². The number of carbonyl (C=O) groups is 1. The Bertz CT molecular complexity index is 569. The molecular weight excluding hydrogens is 264 g/mol. The number of amides is 1. The topological polar surface area (TPSA) is 58.1 Å². The summed E-state index contributed by atoms with van der Waals surface area (Å²) in [6.07, 6.45) is 5.32. The Morgan fingerprint density at radius 2 is 1.95 bits per heavy atom. The summed E-state index contributed by atoms with van der Waals surface area (Å²) in [7, 11) is 1.73. The predicted octanol–water partition coefficient (Wildman–Crippen LogP) is 2.97.